The predicted octanol–water partition coefficient (Wildman–Crippen LogP) is 4.34. The molecule has 0 saturated heterocycles. The molecule has 2 aromatic rings. The standard InChI is InChI=1S/C15H17F2NS/c1-4-18-14(15-9(2)5-6-19-15)11-8-12(16)10(3)7-13(11)17/h5-8,14,18H,4H2,1-3H3. The monoisotopic (exact) mass is 281 g/mol. The molecule has 0 bridgehead atoms. The largest absolute Gasteiger partial charge is 0.306 e. The average molecular weight is 281 g/mol. The smallest absolute Gasteiger partial charge is 0.128 e. The predicted molar refractivity (Wildman–Crippen MR) is 75.7 cm³/mol. The lowest BCUT2D eigenvalue weighted by Gasteiger charge is -2.19. The highest BCUT2D eigenvalue weighted by molar-refractivity contribution is 7.10. The van der Waals surface area contributed by atoms with E-state index in [0.717, 1.165) is 10.4 Å². The molecule has 2 rings (SSSR count). The normalized spacial score (nSPS) is 12.7. The van der Waals surface area contributed by atoms with Crippen LogP contribution in [0.1, 0.15) is 34.5 Å². The lowest BCUT2D eigenvalue weighted by atomic mass is 10.0. The summed E-state index contributed by atoms with van der Waals surface area (Å²) < 4.78 is 27.8. The van der Waals surface area contributed by atoms with Crippen molar-refractivity contribution in [3.8, 4) is 0 Å². The number of benzene rings is 1. The van der Waals surface area contributed by atoms with Gasteiger partial charge in [0, 0.05) is 10.4 Å². The minimum atomic E-state index is -0.367. The van der Waals surface area contributed by atoms with Gasteiger partial charge in [-0.05, 0) is 55.1 Å². The second-order valence-corrected chi connectivity index (χ2v) is 5.53. The Morgan fingerprint density at radius 3 is 2.47 bits per heavy atom. The van der Waals surface area contributed by atoms with Crippen LogP contribution in [0.25, 0.3) is 0 Å². The van der Waals surface area contributed by atoms with Gasteiger partial charge >= 0.3 is 0 Å². The molecule has 1 aromatic heterocycles. The highest BCUT2D eigenvalue weighted by Crippen LogP contribution is 2.31. The summed E-state index contributed by atoms with van der Waals surface area (Å²) in [5, 5.41) is 5.20. The lowest BCUT2D eigenvalue weighted by molar-refractivity contribution is 0.544. The van der Waals surface area contributed by atoms with Crippen molar-refractivity contribution in [2.24, 2.45) is 0 Å². The summed E-state index contributed by atoms with van der Waals surface area (Å²) in [6, 6.07) is 4.27. The molecule has 19 heavy (non-hydrogen) atoms. The molecule has 0 radical (unpaired) electrons. The summed E-state index contributed by atoms with van der Waals surface area (Å²) >= 11 is 1.56. The molecule has 1 heterocycles. The number of rotatable bonds is 4. The van der Waals surface area contributed by atoms with E-state index in [-0.39, 0.29) is 17.7 Å². The van der Waals surface area contributed by atoms with Crippen LogP contribution < -0.4 is 5.32 Å². The van der Waals surface area contributed by atoms with Crippen LogP contribution in [-0.4, -0.2) is 6.54 Å². The van der Waals surface area contributed by atoms with Crippen molar-refractivity contribution in [1.29, 1.82) is 0 Å². The highest BCUT2D eigenvalue weighted by atomic mass is 32.1. The van der Waals surface area contributed by atoms with Gasteiger partial charge in [-0.1, -0.05) is 6.92 Å². The molecule has 0 saturated carbocycles. The Labute approximate surface area is 116 Å². The van der Waals surface area contributed by atoms with E-state index in [9.17, 15) is 8.78 Å². The number of nitrogens with one attached hydrogen (secondary N) is 1. The van der Waals surface area contributed by atoms with Gasteiger partial charge in [-0.15, -0.1) is 11.3 Å². The zero-order chi connectivity index (χ0) is 14.0. The summed E-state index contributed by atoms with van der Waals surface area (Å²) in [6.45, 7) is 6.20. The van der Waals surface area contributed by atoms with Gasteiger partial charge in [0.25, 0.3) is 0 Å². The topological polar surface area (TPSA) is 12.0 Å². The van der Waals surface area contributed by atoms with Crippen LogP contribution >= 0.6 is 11.3 Å². The molecule has 0 aliphatic rings. The fraction of sp³-hybridized carbons (Fsp3) is 0.333. The molecule has 0 amide bonds. The number of hydrogen-bond donors (Lipinski definition) is 1. The van der Waals surface area contributed by atoms with Crippen LogP contribution in [0.4, 0.5) is 8.78 Å². The molecular formula is C15H17F2NS. The van der Waals surface area contributed by atoms with Crippen molar-refractivity contribution in [2.45, 2.75) is 26.8 Å². The summed E-state index contributed by atoms with van der Waals surface area (Å²) in [4.78, 5) is 1.03. The van der Waals surface area contributed by atoms with E-state index in [1.807, 2.05) is 25.3 Å². The van der Waals surface area contributed by atoms with E-state index >= 15 is 0 Å². The van der Waals surface area contributed by atoms with Crippen LogP contribution in [0, 0.1) is 25.5 Å². The molecule has 1 aromatic carbocycles. The van der Waals surface area contributed by atoms with Crippen LogP contribution in [0.3, 0.4) is 0 Å². The molecule has 1 N–H and O–H groups in total. The Kier molecular flexibility index (Phi) is 4.32. The molecule has 1 atom stereocenters. The average Bonchev–Trinajstić information content (AvgIpc) is 2.77. The van der Waals surface area contributed by atoms with E-state index in [1.54, 1.807) is 18.3 Å². The fourth-order valence-corrected chi connectivity index (χ4v) is 3.13. The molecule has 1 unspecified atom stereocenters. The van der Waals surface area contributed by atoms with Crippen LogP contribution in [0.15, 0.2) is 23.6 Å². The zero-order valence-corrected chi connectivity index (χ0v) is 12.1. The quantitative estimate of drug-likeness (QED) is 0.879. The van der Waals surface area contributed by atoms with Crippen molar-refractivity contribution in [3.05, 3.63) is 56.8 Å². The number of halogens is 2. The van der Waals surface area contributed by atoms with Crippen molar-refractivity contribution in [3.63, 3.8) is 0 Å². The van der Waals surface area contributed by atoms with E-state index < -0.39 is 0 Å². The van der Waals surface area contributed by atoms with E-state index in [0.29, 0.717) is 17.7 Å². The molecule has 0 aliphatic heterocycles. The molecular weight excluding hydrogens is 264 g/mol. The Morgan fingerprint density at radius 2 is 1.89 bits per heavy atom. The van der Waals surface area contributed by atoms with Crippen LogP contribution in [0.5, 0.6) is 0 Å². The lowest BCUT2D eigenvalue weighted by Crippen LogP contribution is -2.23. The van der Waals surface area contributed by atoms with Gasteiger partial charge in [0.15, 0.2) is 0 Å². The van der Waals surface area contributed by atoms with E-state index in [2.05, 4.69) is 5.32 Å². The van der Waals surface area contributed by atoms with Crippen LogP contribution in [-0.2, 0) is 0 Å². The van der Waals surface area contributed by atoms with Gasteiger partial charge in [-0.3, -0.25) is 0 Å². The maximum Gasteiger partial charge on any atom is 0.128 e. The van der Waals surface area contributed by atoms with Crippen LogP contribution in [0.2, 0.25) is 0 Å². The van der Waals surface area contributed by atoms with Crippen molar-refractivity contribution in [2.75, 3.05) is 6.54 Å². The third-order valence-corrected chi connectivity index (χ3v) is 4.24. The number of aryl methyl sites for hydroxylation is 2. The molecule has 1 nitrogen and oxygen atoms in total. The minimum Gasteiger partial charge on any atom is -0.306 e. The summed E-state index contributed by atoms with van der Waals surface area (Å²) in [7, 11) is 0. The Bertz CT molecular complexity index is 578. The molecule has 4 heteroatoms. The zero-order valence-electron chi connectivity index (χ0n) is 11.3. The molecule has 0 fully saturated rings. The van der Waals surface area contributed by atoms with Gasteiger partial charge in [-0.25, -0.2) is 8.78 Å². The Morgan fingerprint density at radius 1 is 1.16 bits per heavy atom. The second-order valence-electron chi connectivity index (χ2n) is 4.58. The molecule has 0 aliphatic carbocycles. The maximum absolute atomic E-state index is 14.1. The van der Waals surface area contributed by atoms with Gasteiger partial charge in [-0.2, -0.15) is 0 Å². The minimum absolute atomic E-state index is 0.292. The van der Waals surface area contributed by atoms with Gasteiger partial charge in [0.05, 0.1) is 6.04 Å². The van der Waals surface area contributed by atoms with Crippen molar-refractivity contribution in [1.82, 2.24) is 5.32 Å². The first-order valence-electron chi connectivity index (χ1n) is 6.27. The first-order valence-corrected chi connectivity index (χ1v) is 7.15. The Hall–Kier alpha value is -1.26. The van der Waals surface area contributed by atoms with Gasteiger partial charge < -0.3 is 5.32 Å². The third kappa shape index (κ3) is 2.85. The van der Waals surface area contributed by atoms with Crippen molar-refractivity contribution >= 4 is 11.3 Å². The molecule has 0 spiro atoms. The highest BCUT2D eigenvalue weighted by Gasteiger charge is 2.21. The van der Waals surface area contributed by atoms with Gasteiger partial charge in [0.1, 0.15) is 11.6 Å². The van der Waals surface area contributed by atoms with Crippen molar-refractivity contribution < 1.29 is 8.78 Å². The second kappa shape index (κ2) is 5.80. The summed E-state index contributed by atoms with van der Waals surface area (Å²) in [5.41, 5.74) is 1.80. The first-order chi connectivity index (χ1) is 9.04. The first kappa shape index (κ1) is 14.2. The summed E-state index contributed by atoms with van der Waals surface area (Å²) in [5.74, 6) is -0.730. The maximum atomic E-state index is 14.1. The van der Waals surface area contributed by atoms with Gasteiger partial charge in [0.2, 0.25) is 0 Å². The Balaban J connectivity index is 2.51. The SMILES string of the molecule is CCNC(c1cc(F)c(C)cc1F)c1sccc1C. The van der Waals surface area contributed by atoms with E-state index in [4.69, 9.17) is 0 Å². The number of thiophene rings is 1. The number of hydrogen-bond acceptors (Lipinski definition) is 2. The summed E-state index contributed by atoms with van der Waals surface area (Å²) in [6.07, 6.45) is 0. The fourth-order valence-electron chi connectivity index (χ4n) is 2.11. The molecule has 102 valence electrons. The van der Waals surface area contributed by atoms with E-state index in [1.165, 1.54) is 12.1 Å². The third-order valence-electron chi connectivity index (χ3n) is 3.16.